The second kappa shape index (κ2) is 7.24. The monoisotopic (exact) mass is 275 g/mol. The molecule has 0 saturated carbocycles. The quantitative estimate of drug-likeness (QED) is 0.634. The molecule has 0 spiro atoms. The lowest BCUT2D eigenvalue weighted by atomic mass is 9.96. The van der Waals surface area contributed by atoms with Crippen LogP contribution < -0.4 is 5.32 Å². The lowest BCUT2D eigenvalue weighted by molar-refractivity contribution is -0.384. The van der Waals surface area contributed by atoms with Crippen LogP contribution in [0.15, 0.2) is 24.3 Å². The number of benzene rings is 1. The molecule has 20 heavy (non-hydrogen) atoms. The minimum Gasteiger partial charge on any atom is -0.355 e. The highest BCUT2D eigenvalue weighted by molar-refractivity contribution is 5.81. The molecular formula is C14H17N3O3. The maximum absolute atomic E-state index is 11.7. The largest absolute Gasteiger partial charge is 0.355 e. The van der Waals surface area contributed by atoms with Crippen LogP contribution in [0.25, 0.3) is 0 Å². The molecule has 1 unspecified atom stereocenters. The molecule has 0 fully saturated rings. The van der Waals surface area contributed by atoms with Crippen molar-refractivity contribution < 1.29 is 9.72 Å². The molecule has 1 N–H and O–H groups in total. The number of nitro groups is 1. The van der Waals surface area contributed by atoms with Gasteiger partial charge in [0, 0.05) is 18.7 Å². The maximum atomic E-state index is 11.7. The van der Waals surface area contributed by atoms with E-state index < -0.39 is 10.8 Å². The van der Waals surface area contributed by atoms with Gasteiger partial charge in [-0.2, -0.15) is 5.26 Å². The summed E-state index contributed by atoms with van der Waals surface area (Å²) in [7, 11) is 0. The van der Waals surface area contributed by atoms with Crippen molar-refractivity contribution in [2.24, 2.45) is 11.8 Å². The fourth-order valence-corrected chi connectivity index (χ4v) is 1.73. The number of carbonyl (C=O) groups is 1. The number of amides is 1. The fourth-order valence-electron chi connectivity index (χ4n) is 1.73. The van der Waals surface area contributed by atoms with Crippen molar-refractivity contribution in [1.82, 2.24) is 5.32 Å². The summed E-state index contributed by atoms with van der Waals surface area (Å²) >= 11 is 0. The Kier molecular flexibility index (Phi) is 5.66. The van der Waals surface area contributed by atoms with Crippen LogP contribution >= 0.6 is 0 Å². The van der Waals surface area contributed by atoms with Gasteiger partial charge in [-0.05, 0) is 17.9 Å². The molecule has 0 heterocycles. The molecule has 1 amide bonds. The Morgan fingerprint density at radius 1 is 1.40 bits per heavy atom. The van der Waals surface area contributed by atoms with Crippen LogP contribution in [0.3, 0.4) is 0 Å². The van der Waals surface area contributed by atoms with E-state index in [0.717, 1.165) is 5.56 Å². The van der Waals surface area contributed by atoms with Crippen molar-refractivity contribution in [2.75, 3.05) is 6.54 Å². The smallest absolute Gasteiger partial charge is 0.269 e. The molecule has 6 heteroatoms. The number of hydrogen-bond donors (Lipinski definition) is 1. The van der Waals surface area contributed by atoms with Crippen LogP contribution in [0.1, 0.15) is 19.4 Å². The zero-order chi connectivity index (χ0) is 15.1. The van der Waals surface area contributed by atoms with Gasteiger partial charge in [-0.1, -0.05) is 26.0 Å². The van der Waals surface area contributed by atoms with Crippen molar-refractivity contribution in [1.29, 1.82) is 5.26 Å². The number of hydrogen-bond acceptors (Lipinski definition) is 4. The van der Waals surface area contributed by atoms with E-state index in [2.05, 4.69) is 5.32 Å². The summed E-state index contributed by atoms with van der Waals surface area (Å²) < 4.78 is 0. The minimum absolute atomic E-state index is 0.0284. The van der Waals surface area contributed by atoms with E-state index in [4.69, 9.17) is 5.26 Å². The summed E-state index contributed by atoms with van der Waals surface area (Å²) in [6, 6.07) is 8.17. The van der Waals surface area contributed by atoms with E-state index >= 15 is 0 Å². The number of nitrogens with zero attached hydrogens (tertiary/aromatic N) is 2. The van der Waals surface area contributed by atoms with Gasteiger partial charge in [0.05, 0.1) is 11.0 Å². The topological polar surface area (TPSA) is 96.0 Å². The predicted octanol–water partition coefficient (Wildman–Crippen LogP) is 2.05. The molecule has 0 radical (unpaired) electrons. The number of nitriles is 1. The number of non-ortho nitro benzene ring substituents is 1. The highest BCUT2D eigenvalue weighted by Gasteiger charge is 2.20. The third-order valence-corrected chi connectivity index (χ3v) is 2.95. The second-order valence-electron chi connectivity index (χ2n) is 4.82. The van der Waals surface area contributed by atoms with E-state index in [1.165, 1.54) is 12.1 Å². The third-order valence-electron chi connectivity index (χ3n) is 2.95. The lowest BCUT2D eigenvalue weighted by Crippen LogP contribution is -2.34. The van der Waals surface area contributed by atoms with Gasteiger partial charge < -0.3 is 5.32 Å². The van der Waals surface area contributed by atoms with Crippen molar-refractivity contribution in [2.45, 2.75) is 20.3 Å². The first-order valence-corrected chi connectivity index (χ1v) is 6.36. The molecule has 0 aromatic heterocycles. The van der Waals surface area contributed by atoms with Crippen molar-refractivity contribution in [3.8, 4) is 6.07 Å². The van der Waals surface area contributed by atoms with Gasteiger partial charge in [-0.25, -0.2) is 0 Å². The van der Waals surface area contributed by atoms with E-state index in [-0.39, 0.29) is 17.5 Å². The molecule has 1 aromatic rings. The average Bonchev–Trinajstić information content (AvgIpc) is 2.39. The first-order chi connectivity index (χ1) is 9.45. The van der Waals surface area contributed by atoms with Gasteiger partial charge in [0.1, 0.15) is 5.92 Å². The van der Waals surface area contributed by atoms with E-state index in [0.29, 0.717) is 13.0 Å². The van der Waals surface area contributed by atoms with Crippen molar-refractivity contribution in [3.05, 3.63) is 39.9 Å². The lowest BCUT2D eigenvalue weighted by Gasteiger charge is -2.12. The average molecular weight is 275 g/mol. The molecule has 1 aromatic carbocycles. The summed E-state index contributed by atoms with van der Waals surface area (Å²) in [4.78, 5) is 21.8. The molecule has 0 bridgehead atoms. The zero-order valence-corrected chi connectivity index (χ0v) is 11.5. The van der Waals surface area contributed by atoms with Crippen molar-refractivity contribution >= 4 is 11.6 Å². The fraction of sp³-hybridized carbons (Fsp3) is 0.429. The summed E-state index contributed by atoms with van der Waals surface area (Å²) in [6.45, 7) is 4.05. The van der Waals surface area contributed by atoms with Gasteiger partial charge in [0.25, 0.3) is 5.69 Å². The summed E-state index contributed by atoms with van der Waals surface area (Å²) in [6.07, 6.45) is 0.569. The number of carbonyl (C=O) groups excluding carboxylic acids is 1. The summed E-state index contributed by atoms with van der Waals surface area (Å²) in [5.41, 5.74) is 0.941. The van der Waals surface area contributed by atoms with E-state index in [1.807, 2.05) is 19.9 Å². The Balaban J connectivity index is 2.46. The van der Waals surface area contributed by atoms with Gasteiger partial charge in [-0.15, -0.1) is 0 Å². The van der Waals surface area contributed by atoms with Crippen LogP contribution in [0.4, 0.5) is 5.69 Å². The molecule has 106 valence electrons. The van der Waals surface area contributed by atoms with Crippen LogP contribution in [-0.2, 0) is 11.2 Å². The SMILES string of the molecule is CC(C)C(C#N)C(=O)NCCc1ccc([N+](=O)[O-])cc1. The molecule has 1 atom stereocenters. The Morgan fingerprint density at radius 3 is 2.45 bits per heavy atom. The van der Waals surface area contributed by atoms with Crippen LogP contribution in [0.2, 0.25) is 0 Å². The maximum Gasteiger partial charge on any atom is 0.269 e. The van der Waals surface area contributed by atoms with Gasteiger partial charge in [-0.3, -0.25) is 14.9 Å². The minimum atomic E-state index is -0.646. The Morgan fingerprint density at radius 2 is 2.00 bits per heavy atom. The normalized spacial score (nSPS) is 11.7. The molecule has 0 aliphatic rings. The Bertz CT molecular complexity index is 517. The second-order valence-corrected chi connectivity index (χ2v) is 4.82. The molecule has 0 saturated heterocycles. The first-order valence-electron chi connectivity index (χ1n) is 6.36. The van der Waals surface area contributed by atoms with Crippen molar-refractivity contribution in [3.63, 3.8) is 0 Å². The van der Waals surface area contributed by atoms with Gasteiger partial charge in [0.15, 0.2) is 0 Å². The van der Waals surface area contributed by atoms with E-state index in [1.54, 1.807) is 12.1 Å². The van der Waals surface area contributed by atoms with Gasteiger partial charge in [0.2, 0.25) is 5.91 Å². The molecular weight excluding hydrogens is 258 g/mol. The zero-order valence-electron chi connectivity index (χ0n) is 11.5. The number of rotatable bonds is 6. The third kappa shape index (κ3) is 4.35. The number of nitro benzene ring substituents is 1. The molecule has 0 aliphatic heterocycles. The molecule has 0 aliphatic carbocycles. The first kappa shape index (κ1) is 15.6. The van der Waals surface area contributed by atoms with Gasteiger partial charge >= 0.3 is 0 Å². The van der Waals surface area contributed by atoms with E-state index in [9.17, 15) is 14.9 Å². The molecule has 6 nitrogen and oxygen atoms in total. The highest BCUT2D eigenvalue weighted by atomic mass is 16.6. The van der Waals surface area contributed by atoms with Crippen LogP contribution in [0.5, 0.6) is 0 Å². The predicted molar refractivity (Wildman–Crippen MR) is 73.8 cm³/mol. The Labute approximate surface area is 117 Å². The standard InChI is InChI=1S/C14H17N3O3/c1-10(2)13(9-15)14(18)16-8-7-11-3-5-12(6-4-11)17(19)20/h3-6,10,13H,7-8H2,1-2H3,(H,16,18). The highest BCUT2D eigenvalue weighted by Crippen LogP contribution is 2.12. The summed E-state index contributed by atoms with van der Waals surface area (Å²) in [5, 5.41) is 22.1. The Hall–Kier alpha value is -2.42. The van der Waals surface area contributed by atoms with Crippen LogP contribution in [0, 0.1) is 33.3 Å². The molecule has 1 rings (SSSR count). The summed E-state index contributed by atoms with van der Waals surface area (Å²) in [5.74, 6) is -0.948. The van der Waals surface area contributed by atoms with Crippen LogP contribution in [-0.4, -0.2) is 17.4 Å². The number of nitrogens with one attached hydrogen (secondary N) is 1.